The molecule has 1 aliphatic heterocycles. The van der Waals surface area contributed by atoms with Crippen molar-refractivity contribution in [3.63, 3.8) is 0 Å². The van der Waals surface area contributed by atoms with Crippen molar-refractivity contribution in [2.45, 2.75) is 57.0 Å². The molecule has 1 aromatic rings. The first kappa shape index (κ1) is 25.0. The zero-order valence-electron chi connectivity index (χ0n) is 19.6. The van der Waals surface area contributed by atoms with E-state index in [1.807, 2.05) is 7.05 Å². The monoisotopic (exact) mass is 459 g/mol. The van der Waals surface area contributed by atoms with E-state index in [2.05, 4.69) is 15.5 Å². The number of benzene rings is 1. The van der Waals surface area contributed by atoms with Crippen molar-refractivity contribution in [3.05, 3.63) is 29.8 Å². The summed E-state index contributed by atoms with van der Waals surface area (Å²) in [7, 11) is 2.01. The summed E-state index contributed by atoms with van der Waals surface area (Å²) in [6.45, 7) is 4.49. The molecule has 9 heteroatoms. The SMILES string of the molecule is C[C@@H](NC(=O)O)[C@@H](C(=O)N1CCN(C)CC1)c1ccc(NC(=O)[C@@H](N)C2CCCCC2)cc1. The zero-order chi connectivity index (χ0) is 24.0. The predicted octanol–water partition coefficient (Wildman–Crippen LogP) is 2.05. The van der Waals surface area contributed by atoms with Gasteiger partial charge in [0.05, 0.1) is 12.0 Å². The van der Waals surface area contributed by atoms with E-state index >= 15 is 0 Å². The Morgan fingerprint density at radius 2 is 1.64 bits per heavy atom. The lowest BCUT2D eigenvalue weighted by molar-refractivity contribution is -0.135. The zero-order valence-corrected chi connectivity index (χ0v) is 19.6. The highest BCUT2D eigenvalue weighted by molar-refractivity contribution is 5.95. The Hall–Kier alpha value is -2.65. The quantitative estimate of drug-likeness (QED) is 0.494. The molecule has 3 amide bonds. The Bertz CT molecular complexity index is 817. The third-order valence-electron chi connectivity index (χ3n) is 6.93. The van der Waals surface area contributed by atoms with E-state index in [-0.39, 0.29) is 17.7 Å². The van der Waals surface area contributed by atoms with Crippen molar-refractivity contribution >= 4 is 23.6 Å². The number of amides is 3. The van der Waals surface area contributed by atoms with Gasteiger partial charge in [-0.2, -0.15) is 0 Å². The molecule has 3 atom stereocenters. The van der Waals surface area contributed by atoms with Gasteiger partial charge in [0.15, 0.2) is 0 Å². The number of carbonyl (C=O) groups excluding carboxylic acids is 2. The van der Waals surface area contributed by atoms with Gasteiger partial charge in [-0.25, -0.2) is 4.79 Å². The number of nitrogens with two attached hydrogens (primary N) is 1. The molecule has 1 aromatic carbocycles. The summed E-state index contributed by atoms with van der Waals surface area (Å²) in [4.78, 5) is 41.2. The molecular weight excluding hydrogens is 422 g/mol. The lowest BCUT2D eigenvalue weighted by Gasteiger charge is -2.36. The van der Waals surface area contributed by atoms with E-state index in [0.717, 1.165) is 38.8 Å². The minimum absolute atomic E-state index is 0.0968. The Morgan fingerprint density at radius 1 is 1.03 bits per heavy atom. The predicted molar refractivity (Wildman–Crippen MR) is 127 cm³/mol. The summed E-state index contributed by atoms with van der Waals surface area (Å²) in [5.74, 6) is -0.730. The summed E-state index contributed by atoms with van der Waals surface area (Å²) >= 11 is 0. The topological polar surface area (TPSA) is 128 Å². The van der Waals surface area contributed by atoms with Crippen molar-refractivity contribution in [2.24, 2.45) is 11.7 Å². The van der Waals surface area contributed by atoms with Crippen LogP contribution in [0.3, 0.4) is 0 Å². The van der Waals surface area contributed by atoms with E-state index < -0.39 is 24.1 Å². The largest absolute Gasteiger partial charge is 0.465 e. The summed E-state index contributed by atoms with van der Waals surface area (Å²) in [5.41, 5.74) is 7.52. The molecule has 182 valence electrons. The normalized spacial score (nSPS) is 20.5. The van der Waals surface area contributed by atoms with Crippen molar-refractivity contribution < 1.29 is 19.5 Å². The van der Waals surface area contributed by atoms with Crippen molar-refractivity contribution in [1.82, 2.24) is 15.1 Å². The van der Waals surface area contributed by atoms with Crippen LogP contribution < -0.4 is 16.4 Å². The number of likely N-dealkylation sites (N-methyl/N-ethyl adjacent to an activating group) is 1. The van der Waals surface area contributed by atoms with Crippen LogP contribution in [-0.4, -0.2) is 78.1 Å². The molecule has 9 nitrogen and oxygen atoms in total. The van der Waals surface area contributed by atoms with Gasteiger partial charge in [-0.15, -0.1) is 0 Å². The highest BCUT2D eigenvalue weighted by atomic mass is 16.4. The second-order valence-electron chi connectivity index (χ2n) is 9.38. The van der Waals surface area contributed by atoms with Gasteiger partial charge in [0.25, 0.3) is 0 Å². The number of anilines is 1. The molecule has 5 N–H and O–H groups in total. The minimum Gasteiger partial charge on any atom is -0.465 e. The average molecular weight is 460 g/mol. The smallest absolute Gasteiger partial charge is 0.404 e. The highest BCUT2D eigenvalue weighted by Gasteiger charge is 2.33. The maximum atomic E-state index is 13.3. The fourth-order valence-electron chi connectivity index (χ4n) is 4.85. The third-order valence-corrected chi connectivity index (χ3v) is 6.93. The molecule has 1 saturated carbocycles. The molecule has 0 bridgehead atoms. The highest BCUT2D eigenvalue weighted by Crippen LogP contribution is 2.27. The number of nitrogens with zero attached hydrogens (tertiary/aromatic N) is 2. The Kier molecular flexibility index (Phi) is 8.68. The molecule has 33 heavy (non-hydrogen) atoms. The minimum atomic E-state index is -1.17. The van der Waals surface area contributed by atoms with Crippen LogP contribution in [0.15, 0.2) is 24.3 Å². The molecule has 1 heterocycles. The third kappa shape index (κ3) is 6.68. The molecule has 1 saturated heterocycles. The average Bonchev–Trinajstić information content (AvgIpc) is 2.80. The summed E-state index contributed by atoms with van der Waals surface area (Å²) in [5, 5.41) is 14.5. The van der Waals surface area contributed by atoms with Gasteiger partial charge >= 0.3 is 6.09 Å². The number of rotatable bonds is 7. The number of hydrogen-bond acceptors (Lipinski definition) is 5. The van der Waals surface area contributed by atoms with Gasteiger partial charge < -0.3 is 31.3 Å². The van der Waals surface area contributed by atoms with E-state index in [4.69, 9.17) is 5.73 Å². The lowest BCUT2D eigenvalue weighted by atomic mass is 9.84. The number of carboxylic acid groups (broad SMARTS) is 1. The molecule has 0 spiro atoms. The fraction of sp³-hybridized carbons (Fsp3) is 0.625. The van der Waals surface area contributed by atoms with Crippen LogP contribution in [-0.2, 0) is 9.59 Å². The molecule has 0 aromatic heterocycles. The standard InChI is InChI=1S/C24H37N5O4/c1-16(26-24(32)33)20(23(31)29-14-12-28(2)13-15-29)17-8-10-19(11-9-17)27-22(30)21(25)18-6-4-3-5-7-18/h8-11,16,18,20-21,26H,3-7,12-15,25H2,1-2H3,(H,27,30)(H,32,33)/t16-,20-,21+/m1/s1. The number of carbonyl (C=O) groups is 3. The van der Waals surface area contributed by atoms with Crippen molar-refractivity contribution in [1.29, 1.82) is 0 Å². The molecule has 3 rings (SSSR count). The first-order valence-corrected chi connectivity index (χ1v) is 11.9. The van der Waals surface area contributed by atoms with Gasteiger partial charge in [-0.1, -0.05) is 31.4 Å². The first-order valence-electron chi connectivity index (χ1n) is 11.9. The van der Waals surface area contributed by atoms with Gasteiger partial charge in [0.1, 0.15) is 0 Å². The molecule has 1 aliphatic carbocycles. The summed E-state index contributed by atoms with van der Waals surface area (Å²) in [6.07, 6.45) is 4.24. The summed E-state index contributed by atoms with van der Waals surface area (Å²) in [6, 6.07) is 5.92. The van der Waals surface area contributed by atoms with Crippen LogP contribution in [0.1, 0.15) is 50.5 Å². The van der Waals surface area contributed by atoms with E-state index in [9.17, 15) is 19.5 Å². The van der Waals surface area contributed by atoms with Crippen LogP contribution in [0.5, 0.6) is 0 Å². The second-order valence-corrected chi connectivity index (χ2v) is 9.38. The van der Waals surface area contributed by atoms with E-state index in [1.54, 1.807) is 36.1 Å². The maximum absolute atomic E-state index is 13.3. The number of nitrogens with one attached hydrogen (secondary N) is 2. The van der Waals surface area contributed by atoms with E-state index in [1.165, 1.54) is 6.42 Å². The van der Waals surface area contributed by atoms with Crippen LogP contribution in [0.4, 0.5) is 10.5 Å². The Labute approximate surface area is 195 Å². The molecule has 2 aliphatic rings. The molecule has 2 fully saturated rings. The van der Waals surface area contributed by atoms with Gasteiger partial charge in [-0.05, 0) is 50.4 Å². The Morgan fingerprint density at radius 3 is 2.21 bits per heavy atom. The second kappa shape index (κ2) is 11.5. The van der Waals surface area contributed by atoms with Gasteiger partial charge in [0.2, 0.25) is 11.8 Å². The molecule has 0 radical (unpaired) electrons. The number of hydrogen-bond donors (Lipinski definition) is 4. The van der Waals surface area contributed by atoms with Crippen molar-refractivity contribution in [3.8, 4) is 0 Å². The van der Waals surface area contributed by atoms with Gasteiger partial charge in [-0.3, -0.25) is 9.59 Å². The summed E-state index contributed by atoms with van der Waals surface area (Å²) < 4.78 is 0. The van der Waals surface area contributed by atoms with Crippen LogP contribution in [0, 0.1) is 5.92 Å². The first-order chi connectivity index (χ1) is 15.8. The van der Waals surface area contributed by atoms with Gasteiger partial charge in [0, 0.05) is 37.9 Å². The maximum Gasteiger partial charge on any atom is 0.404 e. The molecule has 0 unspecified atom stereocenters. The Balaban J connectivity index is 1.71. The fourth-order valence-corrected chi connectivity index (χ4v) is 4.85. The van der Waals surface area contributed by atoms with Crippen molar-refractivity contribution in [2.75, 3.05) is 38.5 Å². The van der Waals surface area contributed by atoms with Crippen LogP contribution in [0.25, 0.3) is 0 Å². The number of piperazine rings is 1. The molecular formula is C24H37N5O4. The lowest BCUT2D eigenvalue weighted by Crippen LogP contribution is -2.51. The van der Waals surface area contributed by atoms with Crippen LogP contribution >= 0.6 is 0 Å². The van der Waals surface area contributed by atoms with E-state index in [0.29, 0.717) is 24.3 Å². The van der Waals surface area contributed by atoms with Crippen LogP contribution in [0.2, 0.25) is 0 Å².